The number of amides is 2. The predicted molar refractivity (Wildman–Crippen MR) is 69.3 cm³/mol. The molecule has 0 aliphatic rings. The zero-order valence-corrected chi connectivity index (χ0v) is 10.9. The van der Waals surface area contributed by atoms with Crippen LogP contribution in [0.15, 0.2) is 23.1 Å². The van der Waals surface area contributed by atoms with Gasteiger partial charge in [0.1, 0.15) is 5.82 Å². The molecule has 0 aromatic heterocycles. The highest BCUT2D eigenvalue weighted by atomic mass is 32.1. The Morgan fingerprint density at radius 2 is 2.06 bits per heavy atom. The van der Waals surface area contributed by atoms with Crippen molar-refractivity contribution in [3.63, 3.8) is 0 Å². The highest BCUT2D eigenvalue weighted by molar-refractivity contribution is 7.80. The van der Waals surface area contributed by atoms with Crippen LogP contribution in [0, 0.1) is 5.82 Å². The summed E-state index contributed by atoms with van der Waals surface area (Å²) < 4.78 is 12.9. The van der Waals surface area contributed by atoms with E-state index in [-0.39, 0.29) is 22.9 Å². The van der Waals surface area contributed by atoms with E-state index in [1.54, 1.807) is 0 Å². The maximum Gasteiger partial charge on any atom is 0.251 e. The zero-order valence-electron chi connectivity index (χ0n) is 10.00. The fraction of sp³-hybridized carbons (Fsp3) is 0.333. The van der Waals surface area contributed by atoms with E-state index in [1.165, 1.54) is 12.1 Å². The van der Waals surface area contributed by atoms with Gasteiger partial charge in [0.2, 0.25) is 5.91 Å². The third kappa shape index (κ3) is 4.37. The lowest BCUT2D eigenvalue weighted by Gasteiger charge is -2.06. The van der Waals surface area contributed by atoms with Crippen LogP contribution in [0.5, 0.6) is 0 Å². The quantitative estimate of drug-likeness (QED) is 0.708. The number of carbonyl (C=O) groups is 2. The van der Waals surface area contributed by atoms with E-state index in [9.17, 15) is 14.0 Å². The second-order valence-electron chi connectivity index (χ2n) is 3.70. The minimum absolute atomic E-state index is 0.0954. The molecular formula is C12H15FN2O2S. The Balaban J connectivity index is 2.50. The molecular weight excluding hydrogens is 255 g/mol. The largest absolute Gasteiger partial charge is 0.355 e. The van der Waals surface area contributed by atoms with Crippen LogP contribution in [0.25, 0.3) is 0 Å². The molecule has 0 atom stereocenters. The molecule has 0 fully saturated rings. The Labute approximate surface area is 110 Å². The lowest BCUT2D eigenvalue weighted by atomic mass is 10.2. The van der Waals surface area contributed by atoms with Crippen LogP contribution in [0.1, 0.15) is 23.7 Å². The monoisotopic (exact) mass is 270 g/mol. The van der Waals surface area contributed by atoms with Crippen molar-refractivity contribution in [3.05, 3.63) is 29.6 Å². The SMILES string of the molecule is CCCNC(=O)CNC(=O)c1ccc(F)c(S)c1. The van der Waals surface area contributed by atoms with Crippen molar-refractivity contribution in [1.82, 2.24) is 10.6 Å². The number of thiol groups is 1. The Kier molecular flexibility index (Phi) is 5.64. The highest BCUT2D eigenvalue weighted by Gasteiger charge is 2.09. The van der Waals surface area contributed by atoms with Gasteiger partial charge in [-0.1, -0.05) is 6.92 Å². The molecule has 0 aliphatic carbocycles. The summed E-state index contributed by atoms with van der Waals surface area (Å²) in [6.45, 7) is 2.41. The Hall–Kier alpha value is -1.56. The van der Waals surface area contributed by atoms with Crippen molar-refractivity contribution in [3.8, 4) is 0 Å². The van der Waals surface area contributed by atoms with E-state index in [0.29, 0.717) is 6.54 Å². The number of carbonyl (C=O) groups excluding carboxylic acids is 2. The molecule has 0 heterocycles. The standard InChI is InChI=1S/C12H15FN2O2S/c1-2-5-14-11(16)7-15-12(17)8-3-4-9(13)10(18)6-8/h3-4,6,18H,2,5,7H2,1H3,(H,14,16)(H,15,17). The summed E-state index contributed by atoms with van der Waals surface area (Å²) in [7, 11) is 0. The van der Waals surface area contributed by atoms with Gasteiger partial charge in [-0.25, -0.2) is 4.39 Å². The van der Waals surface area contributed by atoms with Crippen LogP contribution in [-0.2, 0) is 4.79 Å². The molecule has 2 amide bonds. The van der Waals surface area contributed by atoms with Crippen molar-refractivity contribution in [1.29, 1.82) is 0 Å². The molecule has 1 aromatic carbocycles. The minimum atomic E-state index is -0.490. The summed E-state index contributed by atoms with van der Waals surface area (Å²) in [5.41, 5.74) is 0.268. The first-order chi connectivity index (χ1) is 8.54. The molecule has 0 bridgehead atoms. The average molecular weight is 270 g/mol. The van der Waals surface area contributed by atoms with Gasteiger partial charge in [0.05, 0.1) is 6.54 Å². The van der Waals surface area contributed by atoms with Gasteiger partial charge in [-0.15, -0.1) is 12.6 Å². The third-order valence-electron chi connectivity index (χ3n) is 2.19. The van der Waals surface area contributed by atoms with Crippen LogP contribution >= 0.6 is 12.6 Å². The molecule has 98 valence electrons. The molecule has 0 unspecified atom stereocenters. The fourth-order valence-corrected chi connectivity index (χ4v) is 1.46. The number of hydrogen-bond donors (Lipinski definition) is 3. The lowest BCUT2D eigenvalue weighted by molar-refractivity contribution is -0.120. The molecule has 1 rings (SSSR count). The van der Waals surface area contributed by atoms with Crippen molar-refractivity contribution in [2.45, 2.75) is 18.2 Å². The second kappa shape index (κ2) is 7.00. The van der Waals surface area contributed by atoms with Gasteiger partial charge in [0.25, 0.3) is 5.91 Å². The molecule has 0 aliphatic heterocycles. The first kappa shape index (κ1) is 14.5. The fourth-order valence-electron chi connectivity index (χ4n) is 1.24. The minimum Gasteiger partial charge on any atom is -0.355 e. The molecule has 4 nitrogen and oxygen atoms in total. The average Bonchev–Trinajstić information content (AvgIpc) is 2.36. The molecule has 0 radical (unpaired) electrons. The van der Waals surface area contributed by atoms with Crippen LogP contribution in [0.2, 0.25) is 0 Å². The first-order valence-corrected chi connectivity index (χ1v) is 6.02. The second-order valence-corrected chi connectivity index (χ2v) is 4.18. The van der Waals surface area contributed by atoms with Gasteiger partial charge < -0.3 is 10.6 Å². The van der Waals surface area contributed by atoms with Gasteiger partial charge in [0, 0.05) is 17.0 Å². The van der Waals surface area contributed by atoms with E-state index < -0.39 is 11.7 Å². The Bertz CT molecular complexity index is 452. The summed E-state index contributed by atoms with van der Waals surface area (Å²) in [6, 6.07) is 3.82. The third-order valence-corrected chi connectivity index (χ3v) is 2.53. The van der Waals surface area contributed by atoms with Crippen LogP contribution in [0.4, 0.5) is 4.39 Å². The summed E-state index contributed by atoms with van der Waals surface area (Å²) in [5.74, 6) is -1.18. The molecule has 0 spiro atoms. The topological polar surface area (TPSA) is 58.2 Å². The molecule has 1 aromatic rings. The smallest absolute Gasteiger partial charge is 0.251 e. The van der Waals surface area contributed by atoms with Crippen LogP contribution in [-0.4, -0.2) is 24.9 Å². The van der Waals surface area contributed by atoms with Crippen molar-refractivity contribution in [2.75, 3.05) is 13.1 Å². The summed E-state index contributed by atoms with van der Waals surface area (Å²) in [6.07, 6.45) is 0.834. The molecule has 0 saturated carbocycles. The van der Waals surface area contributed by atoms with Gasteiger partial charge >= 0.3 is 0 Å². The van der Waals surface area contributed by atoms with Crippen molar-refractivity contribution < 1.29 is 14.0 Å². The molecule has 2 N–H and O–H groups in total. The number of hydrogen-bond acceptors (Lipinski definition) is 3. The Morgan fingerprint density at radius 3 is 2.67 bits per heavy atom. The van der Waals surface area contributed by atoms with Gasteiger partial charge in [-0.05, 0) is 24.6 Å². The van der Waals surface area contributed by atoms with E-state index >= 15 is 0 Å². The summed E-state index contributed by atoms with van der Waals surface area (Å²) >= 11 is 3.88. The lowest BCUT2D eigenvalue weighted by Crippen LogP contribution is -2.37. The van der Waals surface area contributed by atoms with Crippen molar-refractivity contribution in [2.24, 2.45) is 0 Å². The molecule has 0 saturated heterocycles. The first-order valence-electron chi connectivity index (χ1n) is 5.58. The molecule has 18 heavy (non-hydrogen) atoms. The van der Waals surface area contributed by atoms with Crippen molar-refractivity contribution >= 4 is 24.4 Å². The van der Waals surface area contributed by atoms with Crippen LogP contribution < -0.4 is 10.6 Å². The molecule has 6 heteroatoms. The highest BCUT2D eigenvalue weighted by Crippen LogP contribution is 2.13. The van der Waals surface area contributed by atoms with Gasteiger partial charge in [-0.3, -0.25) is 9.59 Å². The Morgan fingerprint density at radius 1 is 1.33 bits per heavy atom. The van der Waals surface area contributed by atoms with Crippen LogP contribution in [0.3, 0.4) is 0 Å². The van der Waals surface area contributed by atoms with E-state index in [2.05, 4.69) is 23.3 Å². The maximum atomic E-state index is 12.9. The van der Waals surface area contributed by atoms with E-state index in [1.807, 2.05) is 6.92 Å². The zero-order chi connectivity index (χ0) is 13.5. The summed E-state index contributed by atoms with van der Waals surface area (Å²) in [4.78, 5) is 23.0. The van der Waals surface area contributed by atoms with Gasteiger partial charge in [0.15, 0.2) is 0 Å². The van der Waals surface area contributed by atoms with E-state index in [0.717, 1.165) is 12.5 Å². The normalized spacial score (nSPS) is 9.94. The summed E-state index contributed by atoms with van der Waals surface area (Å²) in [5, 5.41) is 5.08. The van der Waals surface area contributed by atoms with Gasteiger partial charge in [-0.2, -0.15) is 0 Å². The number of halogens is 1. The number of rotatable bonds is 5. The number of benzene rings is 1. The maximum absolute atomic E-state index is 12.9. The van der Waals surface area contributed by atoms with E-state index in [4.69, 9.17) is 0 Å². The number of nitrogens with one attached hydrogen (secondary N) is 2. The predicted octanol–water partition coefficient (Wildman–Crippen LogP) is 1.37.